The van der Waals surface area contributed by atoms with Gasteiger partial charge in [-0.05, 0) is 35.9 Å². The fourth-order valence-corrected chi connectivity index (χ4v) is 4.60. The Balaban J connectivity index is 1.84. The van der Waals surface area contributed by atoms with Gasteiger partial charge >= 0.3 is 0 Å². The van der Waals surface area contributed by atoms with Crippen molar-refractivity contribution in [2.45, 2.75) is 5.75 Å². The van der Waals surface area contributed by atoms with Gasteiger partial charge in [0.25, 0.3) is 11.6 Å². The number of benzene rings is 3. The van der Waals surface area contributed by atoms with Crippen molar-refractivity contribution < 1.29 is 37.1 Å². The van der Waals surface area contributed by atoms with Gasteiger partial charge in [-0.2, -0.15) is 0 Å². The van der Waals surface area contributed by atoms with Crippen LogP contribution in [-0.4, -0.2) is 47.7 Å². The van der Waals surface area contributed by atoms with Crippen LogP contribution in [0.1, 0.15) is 21.5 Å². The zero-order valence-electron chi connectivity index (χ0n) is 21.1. The first-order valence-electron chi connectivity index (χ1n) is 11.0. The summed E-state index contributed by atoms with van der Waals surface area (Å²) >= 11 is 0. The number of amides is 1. The Hall–Kier alpha value is -4.58. The van der Waals surface area contributed by atoms with Crippen molar-refractivity contribution in [1.29, 1.82) is 0 Å². The number of anilines is 1. The number of carbonyl (C=O) groups is 1. The largest absolute Gasteiger partial charge is 0.496 e. The molecule has 0 aromatic heterocycles. The van der Waals surface area contributed by atoms with E-state index < -0.39 is 20.7 Å². The van der Waals surface area contributed by atoms with Crippen molar-refractivity contribution in [2.24, 2.45) is 0 Å². The van der Waals surface area contributed by atoms with Crippen LogP contribution in [0.2, 0.25) is 0 Å². The molecule has 0 saturated carbocycles. The van der Waals surface area contributed by atoms with Gasteiger partial charge in [0.2, 0.25) is 0 Å². The number of carbonyl (C=O) groups excluding carboxylic acids is 1. The van der Waals surface area contributed by atoms with Gasteiger partial charge in [-0.1, -0.05) is 6.07 Å². The smallest absolute Gasteiger partial charge is 0.269 e. The monoisotopic (exact) mass is 542 g/mol. The van der Waals surface area contributed by atoms with Crippen LogP contribution in [0.25, 0.3) is 6.08 Å². The van der Waals surface area contributed by atoms with Crippen LogP contribution in [0.4, 0.5) is 11.4 Å². The number of nitro benzene ring substituents is 1. The lowest BCUT2D eigenvalue weighted by Crippen LogP contribution is -2.13. The number of non-ortho nitro benzene ring substituents is 1. The van der Waals surface area contributed by atoms with Gasteiger partial charge < -0.3 is 24.3 Å². The molecule has 1 N–H and O–H groups in total. The molecule has 0 heterocycles. The number of ether oxygens (including phenoxy) is 4. The molecule has 38 heavy (non-hydrogen) atoms. The quantitative estimate of drug-likeness (QED) is 0.274. The lowest BCUT2D eigenvalue weighted by atomic mass is 10.1. The Bertz CT molecular complexity index is 1440. The molecule has 0 radical (unpaired) electrons. The standard InChI is InChI=1S/C26H26N2O9S/c1-34-20-14-24(36-3)21(25(15-20)37-4)11-12-38(32,33)16-17-5-10-23(35-2)22(13-17)27-26(29)18-6-8-19(9-7-18)28(30)31/h5-15H,16H2,1-4H3,(H,27,29)/b12-11-. The molecule has 0 aliphatic rings. The summed E-state index contributed by atoms with van der Waals surface area (Å²) in [6.45, 7) is 0. The van der Waals surface area contributed by atoms with Crippen LogP contribution in [0.5, 0.6) is 23.0 Å². The van der Waals surface area contributed by atoms with E-state index in [1.54, 1.807) is 18.2 Å². The lowest BCUT2D eigenvalue weighted by Gasteiger charge is -2.13. The summed E-state index contributed by atoms with van der Waals surface area (Å²) in [5.41, 5.74) is 1.09. The summed E-state index contributed by atoms with van der Waals surface area (Å²) in [6.07, 6.45) is 1.38. The average molecular weight is 543 g/mol. The van der Waals surface area contributed by atoms with E-state index in [4.69, 9.17) is 18.9 Å². The number of nitrogens with zero attached hydrogens (tertiary/aromatic N) is 1. The van der Waals surface area contributed by atoms with Crippen LogP contribution in [-0.2, 0) is 15.6 Å². The van der Waals surface area contributed by atoms with Gasteiger partial charge in [0.15, 0.2) is 9.84 Å². The van der Waals surface area contributed by atoms with Crippen LogP contribution in [0.15, 0.2) is 60.0 Å². The molecule has 0 fully saturated rings. The predicted octanol–water partition coefficient (Wildman–Crippen LogP) is 4.47. The zero-order valence-corrected chi connectivity index (χ0v) is 21.9. The van der Waals surface area contributed by atoms with Crippen LogP contribution >= 0.6 is 0 Å². The third-order valence-electron chi connectivity index (χ3n) is 5.42. The number of nitro groups is 1. The molecule has 0 spiro atoms. The molecule has 0 aliphatic carbocycles. The molecule has 0 bridgehead atoms. The van der Waals surface area contributed by atoms with Gasteiger partial charge in [0.05, 0.1) is 50.4 Å². The minimum absolute atomic E-state index is 0.149. The van der Waals surface area contributed by atoms with Crippen LogP contribution in [0.3, 0.4) is 0 Å². The molecule has 3 rings (SSSR count). The Morgan fingerprint density at radius 1 is 0.895 bits per heavy atom. The first-order valence-corrected chi connectivity index (χ1v) is 12.8. The molecule has 0 aliphatic heterocycles. The third-order valence-corrected chi connectivity index (χ3v) is 6.70. The highest BCUT2D eigenvalue weighted by molar-refractivity contribution is 7.93. The molecule has 3 aromatic rings. The number of hydrogen-bond acceptors (Lipinski definition) is 9. The minimum atomic E-state index is -3.77. The Morgan fingerprint density at radius 2 is 1.50 bits per heavy atom. The number of hydrogen-bond donors (Lipinski definition) is 1. The van der Waals surface area contributed by atoms with E-state index in [1.165, 1.54) is 70.9 Å². The number of methoxy groups -OCH3 is 4. The van der Waals surface area contributed by atoms with E-state index in [1.807, 2.05) is 0 Å². The van der Waals surface area contributed by atoms with Crippen molar-refractivity contribution in [3.63, 3.8) is 0 Å². The fraction of sp³-hybridized carbons (Fsp3) is 0.192. The number of sulfone groups is 1. The summed E-state index contributed by atoms with van der Waals surface area (Å²) in [4.78, 5) is 23.0. The van der Waals surface area contributed by atoms with E-state index in [0.29, 0.717) is 34.1 Å². The summed E-state index contributed by atoms with van der Waals surface area (Å²) in [5.74, 6) is 0.623. The Labute approximate surface area is 219 Å². The normalized spacial score (nSPS) is 11.2. The van der Waals surface area contributed by atoms with E-state index >= 15 is 0 Å². The second-order valence-electron chi connectivity index (χ2n) is 7.85. The van der Waals surface area contributed by atoms with Crippen molar-refractivity contribution >= 4 is 33.2 Å². The highest BCUT2D eigenvalue weighted by Crippen LogP contribution is 2.35. The molecule has 12 heteroatoms. The molecule has 11 nitrogen and oxygen atoms in total. The van der Waals surface area contributed by atoms with E-state index in [9.17, 15) is 23.3 Å². The number of rotatable bonds is 11. The second-order valence-corrected chi connectivity index (χ2v) is 9.73. The van der Waals surface area contributed by atoms with Gasteiger partial charge in [-0.3, -0.25) is 14.9 Å². The van der Waals surface area contributed by atoms with Crippen LogP contribution < -0.4 is 24.3 Å². The molecule has 0 saturated heterocycles. The Kier molecular flexibility index (Phi) is 8.92. The Morgan fingerprint density at radius 3 is 2.03 bits per heavy atom. The van der Waals surface area contributed by atoms with Crippen molar-refractivity contribution in [3.05, 3.63) is 86.8 Å². The average Bonchev–Trinajstić information content (AvgIpc) is 2.91. The summed E-state index contributed by atoms with van der Waals surface area (Å²) in [7, 11) is 2.03. The molecule has 0 unspecified atom stereocenters. The zero-order chi connectivity index (χ0) is 27.9. The first-order chi connectivity index (χ1) is 18.1. The summed E-state index contributed by atoms with van der Waals surface area (Å²) < 4.78 is 47.1. The highest BCUT2D eigenvalue weighted by Gasteiger charge is 2.16. The van der Waals surface area contributed by atoms with Gasteiger partial charge in [-0.15, -0.1) is 0 Å². The molecular formula is C26H26N2O9S. The van der Waals surface area contributed by atoms with E-state index in [2.05, 4.69) is 5.32 Å². The predicted molar refractivity (Wildman–Crippen MR) is 142 cm³/mol. The molecule has 3 aromatic carbocycles. The van der Waals surface area contributed by atoms with Crippen molar-refractivity contribution in [3.8, 4) is 23.0 Å². The maximum Gasteiger partial charge on any atom is 0.269 e. The first kappa shape index (κ1) is 28.0. The molecule has 200 valence electrons. The van der Waals surface area contributed by atoms with Gasteiger partial charge in [0, 0.05) is 35.2 Å². The van der Waals surface area contributed by atoms with Crippen molar-refractivity contribution in [1.82, 2.24) is 0 Å². The van der Waals surface area contributed by atoms with Gasteiger partial charge in [0.1, 0.15) is 23.0 Å². The molecular weight excluding hydrogens is 516 g/mol. The molecule has 1 amide bonds. The van der Waals surface area contributed by atoms with Gasteiger partial charge in [-0.25, -0.2) is 8.42 Å². The molecule has 0 atom stereocenters. The minimum Gasteiger partial charge on any atom is -0.496 e. The third kappa shape index (κ3) is 6.79. The second kappa shape index (κ2) is 12.1. The summed E-state index contributed by atoms with van der Waals surface area (Å²) in [6, 6.07) is 12.9. The summed E-state index contributed by atoms with van der Waals surface area (Å²) in [5, 5.41) is 14.6. The SMILES string of the molecule is COc1cc(OC)c(/C=C\S(=O)(=O)Cc2ccc(OC)c(NC(=O)c3ccc([N+](=O)[O-])cc3)c2)c(OC)c1. The topological polar surface area (TPSA) is 143 Å². The fourth-order valence-electron chi connectivity index (χ4n) is 3.52. The van der Waals surface area contributed by atoms with Crippen LogP contribution in [0, 0.1) is 10.1 Å². The number of nitrogens with one attached hydrogen (secondary N) is 1. The highest BCUT2D eigenvalue weighted by atomic mass is 32.2. The maximum absolute atomic E-state index is 12.9. The van der Waals surface area contributed by atoms with Crippen molar-refractivity contribution in [2.75, 3.05) is 33.8 Å². The lowest BCUT2D eigenvalue weighted by molar-refractivity contribution is -0.384. The van der Waals surface area contributed by atoms with E-state index in [0.717, 1.165) is 5.41 Å². The van der Waals surface area contributed by atoms with E-state index in [-0.39, 0.29) is 22.7 Å². The maximum atomic E-state index is 12.9.